The van der Waals surface area contributed by atoms with Gasteiger partial charge in [-0.15, -0.1) is 0 Å². The maximum Gasteiger partial charge on any atom is 0.150 e. The van der Waals surface area contributed by atoms with Crippen LogP contribution in [0.2, 0.25) is 0 Å². The number of aryl methyl sites for hydroxylation is 1. The van der Waals surface area contributed by atoms with Crippen LogP contribution in [-0.2, 0) is 16.9 Å². The van der Waals surface area contributed by atoms with E-state index in [1.807, 2.05) is 29.9 Å². The molecule has 3 rings (SSSR count). The topological polar surface area (TPSA) is 77.1 Å². The second-order valence-corrected chi connectivity index (χ2v) is 7.74. The predicted molar refractivity (Wildman–Crippen MR) is 78.6 cm³/mol. The lowest BCUT2D eigenvalue weighted by atomic mass is 10.1. The standard InChI is InChI=1S/C14H19N3O3S/c1-17-7-6-15-14(17)13(12-3-2-8-20-12)16-11-4-9-21(18,19)10-5-11/h2-3,6-8,11,13,16H,4-5,9-10H2,1H3. The monoisotopic (exact) mass is 309 g/mol. The molecule has 1 aliphatic rings. The third-order valence-corrected chi connectivity index (χ3v) is 5.62. The van der Waals surface area contributed by atoms with Crippen LogP contribution in [-0.4, -0.2) is 35.5 Å². The summed E-state index contributed by atoms with van der Waals surface area (Å²) in [5, 5.41) is 3.50. The lowest BCUT2D eigenvalue weighted by Crippen LogP contribution is -2.40. The van der Waals surface area contributed by atoms with Crippen molar-refractivity contribution >= 4 is 9.84 Å². The van der Waals surface area contributed by atoms with Crippen LogP contribution in [0.15, 0.2) is 35.2 Å². The highest BCUT2D eigenvalue weighted by molar-refractivity contribution is 7.91. The van der Waals surface area contributed by atoms with E-state index in [2.05, 4.69) is 10.3 Å². The van der Waals surface area contributed by atoms with Crippen molar-refractivity contribution in [1.29, 1.82) is 0 Å². The van der Waals surface area contributed by atoms with E-state index < -0.39 is 9.84 Å². The van der Waals surface area contributed by atoms with Gasteiger partial charge in [0.05, 0.1) is 17.8 Å². The Kier molecular flexibility index (Phi) is 3.86. The van der Waals surface area contributed by atoms with Gasteiger partial charge in [-0.2, -0.15) is 0 Å². The first kappa shape index (κ1) is 14.3. The molecule has 2 aromatic rings. The molecule has 1 aliphatic heterocycles. The zero-order valence-corrected chi connectivity index (χ0v) is 12.7. The second kappa shape index (κ2) is 5.65. The Hall–Kier alpha value is -1.60. The van der Waals surface area contributed by atoms with Crippen LogP contribution in [0.5, 0.6) is 0 Å². The average molecular weight is 309 g/mol. The lowest BCUT2D eigenvalue weighted by Gasteiger charge is -2.27. The molecule has 0 bridgehead atoms. The Balaban J connectivity index is 1.80. The van der Waals surface area contributed by atoms with Crippen molar-refractivity contribution in [3.05, 3.63) is 42.4 Å². The van der Waals surface area contributed by atoms with Crippen molar-refractivity contribution in [2.24, 2.45) is 7.05 Å². The fourth-order valence-electron chi connectivity index (χ4n) is 2.69. The first-order chi connectivity index (χ1) is 10.1. The predicted octanol–water partition coefficient (Wildman–Crippen LogP) is 1.27. The normalized spacial score (nSPS) is 20.4. The average Bonchev–Trinajstić information content (AvgIpc) is 3.09. The Morgan fingerprint density at radius 1 is 1.43 bits per heavy atom. The summed E-state index contributed by atoms with van der Waals surface area (Å²) >= 11 is 0. The van der Waals surface area contributed by atoms with Crippen LogP contribution in [0.25, 0.3) is 0 Å². The van der Waals surface area contributed by atoms with Gasteiger partial charge in [-0.25, -0.2) is 13.4 Å². The number of rotatable bonds is 4. The number of nitrogens with zero attached hydrogens (tertiary/aromatic N) is 2. The van der Waals surface area contributed by atoms with Gasteiger partial charge < -0.3 is 8.98 Å². The molecule has 3 heterocycles. The summed E-state index contributed by atoms with van der Waals surface area (Å²) in [6, 6.07) is 3.75. The molecule has 1 unspecified atom stereocenters. The molecule has 0 radical (unpaired) electrons. The first-order valence-electron chi connectivity index (χ1n) is 7.02. The van der Waals surface area contributed by atoms with Crippen molar-refractivity contribution < 1.29 is 12.8 Å². The molecule has 114 valence electrons. The third-order valence-electron chi connectivity index (χ3n) is 3.90. The van der Waals surface area contributed by atoms with Crippen molar-refractivity contribution in [1.82, 2.24) is 14.9 Å². The van der Waals surface area contributed by atoms with Gasteiger partial charge in [0, 0.05) is 25.5 Å². The van der Waals surface area contributed by atoms with Crippen molar-refractivity contribution in [2.45, 2.75) is 24.9 Å². The highest BCUT2D eigenvalue weighted by Gasteiger charge is 2.28. The molecule has 1 atom stereocenters. The van der Waals surface area contributed by atoms with Gasteiger partial charge in [0.25, 0.3) is 0 Å². The van der Waals surface area contributed by atoms with Gasteiger partial charge >= 0.3 is 0 Å². The van der Waals surface area contributed by atoms with Gasteiger partial charge in [0.1, 0.15) is 27.5 Å². The zero-order chi connectivity index (χ0) is 14.9. The van der Waals surface area contributed by atoms with E-state index in [9.17, 15) is 8.42 Å². The molecule has 0 spiro atoms. The van der Waals surface area contributed by atoms with Gasteiger partial charge in [0.2, 0.25) is 0 Å². The Morgan fingerprint density at radius 2 is 2.19 bits per heavy atom. The molecule has 7 heteroatoms. The van der Waals surface area contributed by atoms with E-state index in [0.29, 0.717) is 12.8 Å². The smallest absolute Gasteiger partial charge is 0.150 e. The fraction of sp³-hybridized carbons (Fsp3) is 0.500. The molecule has 1 saturated heterocycles. The van der Waals surface area contributed by atoms with Gasteiger partial charge in [-0.3, -0.25) is 5.32 Å². The van der Waals surface area contributed by atoms with Crippen LogP contribution in [0.3, 0.4) is 0 Å². The Morgan fingerprint density at radius 3 is 2.76 bits per heavy atom. The molecular formula is C14H19N3O3S. The zero-order valence-electron chi connectivity index (χ0n) is 11.9. The number of hydrogen-bond acceptors (Lipinski definition) is 5. The largest absolute Gasteiger partial charge is 0.467 e. The van der Waals surface area contributed by atoms with Crippen LogP contribution < -0.4 is 5.32 Å². The molecule has 0 aliphatic carbocycles. The molecule has 1 fully saturated rings. The molecule has 0 saturated carbocycles. The van der Waals surface area contributed by atoms with Gasteiger partial charge in [0.15, 0.2) is 0 Å². The molecule has 0 aromatic carbocycles. The number of furan rings is 1. The molecule has 1 N–H and O–H groups in total. The highest BCUT2D eigenvalue weighted by Crippen LogP contribution is 2.24. The number of aromatic nitrogens is 2. The summed E-state index contributed by atoms with van der Waals surface area (Å²) in [4.78, 5) is 4.39. The summed E-state index contributed by atoms with van der Waals surface area (Å²) in [6.45, 7) is 0. The minimum Gasteiger partial charge on any atom is -0.467 e. The molecule has 2 aromatic heterocycles. The third kappa shape index (κ3) is 3.19. The maximum absolute atomic E-state index is 11.5. The molecule has 0 amide bonds. The van der Waals surface area contributed by atoms with Crippen molar-refractivity contribution in [3.63, 3.8) is 0 Å². The summed E-state index contributed by atoms with van der Waals surface area (Å²) in [6.07, 6.45) is 6.53. The second-order valence-electron chi connectivity index (χ2n) is 5.44. The van der Waals surface area contributed by atoms with E-state index in [0.717, 1.165) is 11.6 Å². The summed E-state index contributed by atoms with van der Waals surface area (Å²) in [7, 11) is -0.916. The van der Waals surface area contributed by atoms with E-state index in [-0.39, 0.29) is 23.6 Å². The lowest BCUT2D eigenvalue weighted by molar-refractivity contribution is 0.372. The maximum atomic E-state index is 11.5. The van der Waals surface area contributed by atoms with Crippen molar-refractivity contribution in [3.8, 4) is 0 Å². The quantitative estimate of drug-likeness (QED) is 0.920. The number of sulfone groups is 1. The molecular weight excluding hydrogens is 290 g/mol. The fourth-order valence-corrected chi connectivity index (χ4v) is 4.18. The molecule has 6 nitrogen and oxygen atoms in total. The van der Waals surface area contributed by atoms with Crippen LogP contribution >= 0.6 is 0 Å². The number of nitrogens with one attached hydrogen (secondary N) is 1. The minimum atomic E-state index is -2.85. The Bertz CT molecular complexity index is 677. The van der Waals surface area contributed by atoms with E-state index in [1.54, 1.807) is 12.5 Å². The molecule has 21 heavy (non-hydrogen) atoms. The van der Waals surface area contributed by atoms with E-state index >= 15 is 0 Å². The number of imidazole rings is 1. The van der Waals surface area contributed by atoms with Gasteiger partial charge in [-0.05, 0) is 25.0 Å². The summed E-state index contributed by atoms with van der Waals surface area (Å²) in [5.41, 5.74) is 0. The van der Waals surface area contributed by atoms with E-state index in [1.165, 1.54) is 0 Å². The van der Waals surface area contributed by atoms with Gasteiger partial charge in [-0.1, -0.05) is 0 Å². The first-order valence-corrected chi connectivity index (χ1v) is 8.84. The minimum absolute atomic E-state index is 0.153. The van der Waals surface area contributed by atoms with Crippen LogP contribution in [0.4, 0.5) is 0 Å². The van der Waals surface area contributed by atoms with Crippen molar-refractivity contribution in [2.75, 3.05) is 11.5 Å². The Labute approximate surface area is 124 Å². The summed E-state index contributed by atoms with van der Waals surface area (Å²) < 4.78 is 30.5. The number of hydrogen-bond donors (Lipinski definition) is 1. The van der Waals surface area contributed by atoms with E-state index in [4.69, 9.17) is 4.42 Å². The summed E-state index contributed by atoms with van der Waals surface area (Å²) in [5.74, 6) is 2.14. The van der Waals surface area contributed by atoms with Crippen LogP contribution in [0.1, 0.15) is 30.5 Å². The highest BCUT2D eigenvalue weighted by atomic mass is 32.2. The van der Waals surface area contributed by atoms with Crippen LogP contribution in [0, 0.1) is 0 Å². The SMILES string of the molecule is Cn1ccnc1C(NC1CCS(=O)(=O)CC1)c1ccco1.